The number of pyridine rings is 1. The van der Waals surface area contributed by atoms with E-state index in [1.807, 2.05) is 12.1 Å². The summed E-state index contributed by atoms with van der Waals surface area (Å²) in [5, 5.41) is 8.18. The molecule has 0 unspecified atom stereocenters. The van der Waals surface area contributed by atoms with Crippen molar-refractivity contribution in [1.29, 1.82) is 0 Å². The summed E-state index contributed by atoms with van der Waals surface area (Å²) >= 11 is 5.93. The smallest absolute Gasteiger partial charge is 0.225 e. The molecule has 3 aliphatic rings. The van der Waals surface area contributed by atoms with Crippen LogP contribution in [0.2, 0.25) is 5.02 Å². The highest BCUT2D eigenvalue weighted by atomic mass is 35.5. The molecule has 5 rings (SSSR count). The van der Waals surface area contributed by atoms with Crippen molar-refractivity contribution in [3.05, 3.63) is 35.0 Å². The molecule has 2 aromatic rings. The lowest BCUT2D eigenvalue weighted by Gasteiger charge is -2.37. The van der Waals surface area contributed by atoms with Crippen LogP contribution in [-0.2, 0) is 4.79 Å². The molecule has 3 fully saturated rings. The summed E-state index contributed by atoms with van der Waals surface area (Å²) in [7, 11) is 0. The van der Waals surface area contributed by atoms with Gasteiger partial charge in [0.25, 0.3) is 0 Å². The van der Waals surface area contributed by atoms with Crippen molar-refractivity contribution in [2.45, 2.75) is 50.4 Å². The second-order valence-electron chi connectivity index (χ2n) is 8.55. The van der Waals surface area contributed by atoms with E-state index >= 15 is 0 Å². The predicted octanol–water partition coefficient (Wildman–Crippen LogP) is 3.35. The summed E-state index contributed by atoms with van der Waals surface area (Å²) in [6.07, 6.45) is 7.83. The van der Waals surface area contributed by atoms with Crippen LogP contribution in [0.15, 0.2) is 18.3 Å². The Bertz CT molecular complexity index is 848. The van der Waals surface area contributed by atoms with Crippen molar-refractivity contribution in [1.82, 2.24) is 25.1 Å². The van der Waals surface area contributed by atoms with Crippen LogP contribution in [0.1, 0.15) is 62.0 Å². The first-order chi connectivity index (χ1) is 14.2. The monoisotopic (exact) mass is 414 g/mol. The molecule has 29 heavy (non-hydrogen) atoms. The maximum absolute atomic E-state index is 13.0. The van der Waals surface area contributed by atoms with Crippen LogP contribution in [0, 0.1) is 5.92 Å². The van der Waals surface area contributed by atoms with E-state index in [1.165, 1.54) is 12.8 Å². The molecule has 2 saturated heterocycles. The number of rotatable bonds is 4. The van der Waals surface area contributed by atoms with Crippen LogP contribution in [0.5, 0.6) is 0 Å². The van der Waals surface area contributed by atoms with Gasteiger partial charge in [-0.1, -0.05) is 11.6 Å². The number of amides is 1. The molecular formula is C21H27ClN6O. The first-order valence-corrected chi connectivity index (χ1v) is 11.1. The molecule has 0 aromatic carbocycles. The van der Waals surface area contributed by atoms with E-state index in [0.29, 0.717) is 22.8 Å². The maximum Gasteiger partial charge on any atom is 0.225 e. The Labute approximate surface area is 175 Å². The van der Waals surface area contributed by atoms with Crippen LogP contribution < -0.4 is 4.90 Å². The van der Waals surface area contributed by atoms with Gasteiger partial charge >= 0.3 is 0 Å². The third-order valence-corrected chi connectivity index (χ3v) is 6.76. The van der Waals surface area contributed by atoms with Crippen molar-refractivity contribution in [3.63, 3.8) is 0 Å². The second-order valence-corrected chi connectivity index (χ2v) is 8.99. The van der Waals surface area contributed by atoms with Crippen LogP contribution in [0.4, 0.5) is 5.82 Å². The normalized spacial score (nSPS) is 21.6. The van der Waals surface area contributed by atoms with E-state index in [2.05, 4.69) is 25.0 Å². The van der Waals surface area contributed by atoms with E-state index in [1.54, 1.807) is 6.20 Å². The average Bonchev–Trinajstić information content (AvgIpc) is 3.51. The summed E-state index contributed by atoms with van der Waals surface area (Å²) in [5.74, 6) is 4.37. The maximum atomic E-state index is 13.0. The van der Waals surface area contributed by atoms with Gasteiger partial charge in [-0.25, -0.2) is 9.97 Å². The fourth-order valence-corrected chi connectivity index (χ4v) is 4.65. The first-order valence-electron chi connectivity index (χ1n) is 10.7. The third-order valence-electron chi connectivity index (χ3n) is 6.54. The Kier molecular flexibility index (Phi) is 5.16. The minimum atomic E-state index is 0.127. The molecule has 1 saturated carbocycles. The van der Waals surface area contributed by atoms with Crippen LogP contribution in [-0.4, -0.2) is 57.2 Å². The van der Waals surface area contributed by atoms with E-state index in [-0.39, 0.29) is 5.92 Å². The molecule has 7 nitrogen and oxygen atoms in total. The number of nitrogens with zero attached hydrogens (tertiary/aromatic N) is 5. The van der Waals surface area contributed by atoms with Gasteiger partial charge in [-0.15, -0.1) is 0 Å². The number of piperidine rings is 2. The molecule has 2 aliphatic heterocycles. The van der Waals surface area contributed by atoms with Gasteiger partial charge in [0.05, 0.1) is 5.02 Å². The van der Waals surface area contributed by atoms with Gasteiger partial charge in [-0.05, 0) is 50.7 Å². The number of carbonyl (C=O) groups is 1. The number of hydrogen-bond donors (Lipinski definition) is 1. The number of aromatic amines is 1. The number of likely N-dealkylation sites (tertiary alicyclic amines) is 1. The zero-order valence-electron chi connectivity index (χ0n) is 16.6. The lowest BCUT2D eigenvalue weighted by Crippen LogP contribution is -2.45. The van der Waals surface area contributed by atoms with Crippen LogP contribution in [0.3, 0.4) is 0 Å². The molecule has 0 spiro atoms. The zero-order chi connectivity index (χ0) is 19.8. The van der Waals surface area contributed by atoms with Gasteiger partial charge in [0, 0.05) is 50.1 Å². The highest BCUT2D eigenvalue weighted by molar-refractivity contribution is 6.30. The third kappa shape index (κ3) is 4.10. The van der Waals surface area contributed by atoms with Crippen molar-refractivity contribution >= 4 is 23.3 Å². The van der Waals surface area contributed by atoms with Gasteiger partial charge in [-0.3, -0.25) is 9.89 Å². The summed E-state index contributed by atoms with van der Waals surface area (Å²) in [6.45, 7) is 3.37. The summed E-state index contributed by atoms with van der Waals surface area (Å²) in [6, 6.07) is 3.82. The lowest BCUT2D eigenvalue weighted by molar-refractivity contribution is -0.137. The molecule has 4 heterocycles. The largest absolute Gasteiger partial charge is 0.357 e. The number of anilines is 1. The minimum absolute atomic E-state index is 0.127. The second kappa shape index (κ2) is 7.94. The average molecular weight is 415 g/mol. The number of carbonyl (C=O) groups excluding carboxylic acids is 1. The molecule has 1 N–H and O–H groups in total. The Morgan fingerprint density at radius 3 is 2.41 bits per heavy atom. The van der Waals surface area contributed by atoms with E-state index < -0.39 is 0 Å². The molecule has 1 aliphatic carbocycles. The molecule has 2 aromatic heterocycles. The summed E-state index contributed by atoms with van der Waals surface area (Å²) < 4.78 is 0. The van der Waals surface area contributed by atoms with Gasteiger partial charge in [0.1, 0.15) is 11.6 Å². The first kappa shape index (κ1) is 18.9. The zero-order valence-corrected chi connectivity index (χ0v) is 17.3. The van der Waals surface area contributed by atoms with Gasteiger partial charge in [0.15, 0.2) is 5.82 Å². The van der Waals surface area contributed by atoms with Crippen molar-refractivity contribution in [2.24, 2.45) is 5.92 Å². The van der Waals surface area contributed by atoms with E-state index in [9.17, 15) is 4.79 Å². The number of hydrogen-bond acceptors (Lipinski definition) is 5. The molecule has 0 bridgehead atoms. The molecule has 154 valence electrons. The number of halogens is 1. The van der Waals surface area contributed by atoms with Crippen LogP contribution in [0.25, 0.3) is 0 Å². The van der Waals surface area contributed by atoms with Crippen molar-refractivity contribution in [3.8, 4) is 0 Å². The molecular weight excluding hydrogens is 388 g/mol. The topological polar surface area (TPSA) is 78.0 Å². The van der Waals surface area contributed by atoms with Crippen molar-refractivity contribution in [2.75, 3.05) is 31.1 Å². The van der Waals surface area contributed by atoms with E-state index in [4.69, 9.17) is 16.6 Å². The molecule has 0 atom stereocenters. The SMILES string of the molecule is O=C(C1CCN(c2ccc(Cl)cn2)CC1)N1CCC(c2nc(C3CC3)n[nH]2)CC1. The highest BCUT2D eigenvalue weighted by Gasteiger charge is 2.33. The summed E-state index contributed by atoms with van der Waals surface area (Å²) in [4.78, 5) is 26.4. The van der Waals surface area contributed by atoms with Gasteiger partial charge < -0.3 is 9.80 Å². The number of H-pyrrole nitrogens is 1. The minimum Gasteiger partial charge on any atom is -0.357 e. The Morgan fingerprint density at radius 1 is 1.00 bits per heavy atom. The fourth-order valence-electron chi connectivity index (χ4n) is 4.54. The summed E-state index contributed by atoms with van der Waals surface area (Å²) in [5.41, 5.74) is 0. The molecule has 8 heteroatoms. The predicted molar refractivity (Wildman–Crippen MR) is 111 cm³/mol. The number of nitrogens with one attached hydrogen (secondary N) is 1. The Hall–Kier alpha value is -2.15. The quantitative estimate of drug-likeness (QED) is 0.829. The molecule has 1 amide bonds. The van der Waals surface area contributed by atoms with Gasteiger partial charge in [0.2, 0.25) is 5.91 Å². The fraction of sp³-hybridized carbons (Fsp3) is 0.619. The highest BCUT2D eigenvalue weighted by Crippen LogP contribution is 2.38. The van der Waals surface area contributed by atoms with Crippen LogP contribution >= 0.6 is 11.6 Å². The standard InChI is InChI=1S/C21H27ClN6O/c22-17-3-4-18(23-13-17)27-9-7-16(8-10-27)21(29)28-11-5-15(6-12-28)20-24-19(25-26-20)14-1-2-14/h3-4,13-16H,1-2,5-12H2,(H,24,25,26). The Balaban J connectivity index is 1.11. The molecule has 0 radical (unpaired) electrons. The van der Waals surface area contributed by atoms with Gasteiger partial charge in [-0.2, -0.15) is 5.10 Å². The number of aromatic nitrogens is 4. The van der Waals surface area contributed by atoms with E-state index in [0.717, 1.165) is 69.3 Å². The Morgan fingerprint density at radius 2 is 1.76 bits per heavy atom. The van der Waals surface area contributed by atoms with Crippen molar-refractivity contribution < 1.29 is 4.79 Å². The lowest BCUT2D eigenvalue weighted by atomic mass is 9.91.